The van der Waals surface area contributed by atoms with E-state index in [0.717, 1.165) is 9.80 Å². The smallest absolute Gasteiger partial charge is 0.810 e. The molecule has 338 valence electrons. The van der Waals surface area contributed by atoms with Crippen molar-refractivity contribution in [2.45, 2.75) is 0 Å². The molecule has 0 aromatic carbocycles. The molecule has 0 saturated carbocycles. The van der Waals surface area contributed by atoms with Crippen molar-refractivity contribution in [3.63, 3.8) is 0 Å². The van der Waals surface area contributed by atoms with Crippen molar-refractivity contribution in [1.82, 2.24) is 29.4 Å². The molecule has 0 aromatic rings. The van der Waals surface area contributed by atoms with E-state index in [4.69, 9.17) is 0 Å². The van der Waals surface area contributed by atoms with Gasteiger partial charge in [0, 0.05) is 116 Å². The molecule has 0 bridgehead atoms. The Hall–Kier alpha value is 17.3. The molecule has 66 heavy (non-hydrogen) atoms. The summed E-state index contributed by atoms with van der Waals surface area (Å²) in [6, 6.07) is 0. The van der Waals surface area contributed by atoms with E-state index in [1.54, 1.807) is 0 Å². The summed E-state index contributed by atoms with van der Waals surface area (Å²) in [5, 5.41) is 0. The Kier molecular flexibility index (Phi) is 86.7. The van der Waals surface area contributed by atoms with Gasteiger partial charge in [0.25, 0.3) is 0 Å². The summed E-state index contributed by atoms with van der Waals surface area (Å²) in [4.78, 5) is 185. The van der Waals surface area contributed by atoms with Crippen molar-refractivity contribution in [3.8, 4) is 0 Å². The van der Waals surface area contributed by atoms with E-state index >= 15 is 0 Å². The summed E-state index contributed by atoms with van der Waals surface area (Å²) >= 11 is 0. The zero-order chi connectivity index (χ0) is 44.2. The fourth-order valence-corrected chi connectivity index (χ4v) is 11.1. The summed E-state index contributed by atoms with van der Waals surface area (Å²) in [6.45, 7) is -7.35. The third-order valence-corrected chi connectivity index (χ3v) is 12.6. The Morgan fingerprint density at radius 1 is 0.182 bits per heavy atom. The number of hydrogen-bond acceptors (Lipinski definition) is 30. The zero-order valence-corrected chi connectivity index (χ0v) is 77.2. The van der Waals surface area contributed by atoms with E-state index in [2.05, 4.69) is 0 Å². The van der Waals surface area contributed by atoms with E-state index in [1.807, 2.05) is 0 Å². The van der Waals surface area contributed by atoms with Crippen LogP contribution in [0.2, 0.25) is 0 Å². The molecule has 0 aromatic heterocycles. The summed E-state index contributed by atoms with van der Waals surface area (Å²) in [6.07, 6.45) is -11.6. The molecule has 0 unspecified atom stereocenters. The first-order valence-corrected chi connectivity index (χ1v) is 28.9. The minimum Gasteiger partial charge on any atom is -0.810 e. The predicted octanol–water partition coefficient (Wildman–Crippen LogP) is -44.2. The van der Waals surface area contributed by atoms with E-state index in [0.29, 0.717) is 19.6 Å². The van der Waals surface area contributed by atoms with Gasteiger partial charge in [-0.25, -0.2) is 0 Å². The Labute approximate surface area is 809 Å². The van der Waals surface area contributed by atoms with Crippen LogP contribution in [0.3, 0.4) is 0 Å². The van der Waals surface area contributed by atoms with E-state index in [9.17, 15) is 115 Å². The van der Waals surface area contributed by atoms with Gasteiger partial charge in [0.15, 0.2) is 0 Å². The Morgan fingerprint density at radius 3 is 0.348 bits per heavy atom. The monoisotopic (exact) mass is 1360 g/mol. The Bertz CT molecular complexity index is 1470. The van der Waals surface area contributed by atoms with Crippen LogP contribution in [0.15, 0.2) is 0 Å². The fourth-order valence-electron chi connectivity index (χ4n) is 4.76. The average Bonchev–Trinajstić information content (AvgIpc) is 2.87. The molecule has 0 heterocycles. The molecule has 0 rings (SSSR count). The molecule has 0 N–H and O–H groups in total. The van der Waals surface area contributed by atoms with E-state index in [1.165, 1.54) is 0 Å². The van der Waals surface area contributed by atoms with Crippen LogP contribution < -0.4 is 592 Å². The molecule has 0 aliphatic heterocycles. The molecule has 0 amide bonds. The van der Waals surface area contributed by atoms with Gasteiger partial charge in [-0.1, -0.05) is 60.8 Å². The topological polar surface area (TPSA) is 525 Å². The number of rotatable bonds is 31. The largest absolute Gasteiger partial charge is 1.00 e. The van der Waals surface area contributed by atoms with Crippen molar-refractivity contribution in [2.24, 2.45) is 0 Å². The van der Waals surface area contributed by atoms with Gasteiger partial charge in [-0.3, -0.25) is 29.4 Å². The van der Waals surface area contributed by atoms with Crippen molar-refractivity contribution in [3.05, 3.63) is 0 Å². The normalized spacial score (nSPS) is 12.5. The first-order valence-electron chi connectivity index (χ1n) is 15.1. The molecule has 0 spiro atoms. The maximum atomic E-state index is 11.6. The molecular weight excluding hydrogens is 1320 g/mol. The van der Waals surface area contributed by atoms with Gasteiger partial charge in [0.2, 0.25) is 0 Å². The van der Waals surface area contributed by atoms with Gasteiger partial charge in [0.05, 0.1) is 0 Å². The molecule has 48 heteroatoms. The fraction of sp³-hybridized carbons (Fsp3) is 1.00. The predicted molar refractivity (Wildman–Crippen MR) is 159 cm³/mol. The van der Waals surface area contributed by atoms with Gasteiger partial charge < -0.3 is 115 Å². The number of hydrogen-bond donors (Lipinski definition) is 0. The maximum Gasteiger partial charge on any atom is 1.00 e. The van der Waals surface area contributed by atoms with Gasteiger partial charge in [-0.05, 0) is 0 Å². The van der Waals surface area contributed by atoms with E-state index in [-0.39, 0.29) is 514 Å². The quantitative estimate of drug-likeness (QED) is 0.0459. The van der Waals surface area contributed by atoms with Crippen LogP contribution in [0, 0.1) is 0 Å². The van der Waals surface area contributed by atoms with Crippen molar-refractivity contribution < 1.29 is 629 Å². The SMILES string of the molecule is O=P([O-])([O-])CN(CCN(CCN(CCN(CP(=O)([O-])[O-])CP(=O)([O-])[O-])CP(=O)([O-])[O-])CP(=O)([O-])[O-])CCN(CCN(CP(=O)([O-])[O-])CP(=O)([O-])[O-])CP(=O)([O-])[O-].[K+].[K+].[K+].[K+].[K+].[K+].[K+].[K+].[K+].[K+]. The summed E-state index contributed by atoms with van der Waals surface area (Å²) in [5.74, 6) is 0. The van der Waals surface area contributed by atoms with E-state index < -0.39 is 177 Å². The average molecular weight is 1360 g/mol. The minimum atomic E-state index is -5.52. The van der Waals surface area contributed by atoms with Crippen molar-refractivity contribution in [2.75, 3.05) is 116 Å². The minimum absolute atomic E-state index is 0. The third-order valence-electron chi connectivity index (χ3n) is 6.65. The van der Waals surface area contributed by atoms with Crippen LogP contribution in [0.1, 0.15) is 0 Å². The second-order valence-corrected chi connectivity index (χ2v) is 24.3. The van der Waals surface area contributed by atoms with Crippen LogP contribution in [-0.2, 0) is 36.5 Å². The Balaban J connectivity index is -0.000000336. The summed E-state index contributed by atoms with van der Waals surface area (Å²) in [5.41, 5.74) is 0. The van der Waals surface area contributed by atoms with Gasteiger partial charge in [-0.15, -0.1) is 0 Å². The molecule has 0 radical (unpaired) electrons. The number of nitrogens with zero attached hydrogens (tertiary/aromatic N) is 6. The second kappa shape index (κ2) is 53.0. The van der Waals surface area contributed by atoms with Crippen molar-refractivity contribution >= 4 is 60.8 Å². The first-order chi connectivity index (χ1) is 24.7. The standard InChI is InChI=1S/C18H52N6O24P8.10K/c25-49(26,27)11-19(3-5-21(13-51(31,32)33)7-9-23(15-53(37,38)39)16-54(40,41)42)1-2-20(12-50(28,29)30)4-6-22(14-52(34,35)36)8-10-24(17-55(43,44)45)18-56(46,47)48;;;;;;;;;;/h1-18H2,(H2,25,26,27)(H2,28,29,30)(H2,31,32,33)(H2,34,35,36)(H2,37,38,39)(H2,40,41,42)(H2,43,44,45)(H2,46,47,48);;;;;;;;;;/q;10*+1/p-16. The molecular formula is C18H36K10N6O24P8-6. The van der Waals surface area contributed by atoms with Crippen LogP contribution in [-0.4, -0.2) is 145 Å². The molecule has 30 nitrogen and oxygen atoms in total. The third kappa shape index (κ3) is 77.4. The van der Waals surface area contributed by atoms with Crippen LogP contribution in [0.4, 0.5) is 0 Å². The van der Waals surface area contributed by atoms with Gasteiger partial charge in [0.1, 0.15) is 0 Å². The summed E-state index contributed by atoms with van der Waals surface area (Å²) < 4.78 is 91.0. The molecule has 0 atom stereocenters. The molecule has 0 aliphatic carbocycles. The van der Waals surface area contributed by atoms with Gasteiger partial charge in [-0.2, -0.15) is 0 Å². The maximum absolute atomic E-state index is 11.6. The molecule has 0 saturated heterocycles. The van der Waals surface area contributed by atoms with Crippen LogP contribution >= 0.6 is 60.8 Å². The Morgan fingerprint density at radius 2 is 0.258 bits per heavy atom. The zero-order valence-electron chi connectivity index (χ0n) is 38.8. The van der Waals surface area contributed by atoms with Crippen LogP contribution in [0.5, 0.6) is 0 Å². The molecule has 0 aliphatic rings. The van der Waals surface area contributed by atoms with Crippen LogP contribution in [0.25, 0.3) is 0 Å². The first kappa shape index (κ1) is 108. The van der Waals surface area contributed by atoms with Gasteiger partial charge >= 0.3 is 514 Å². The summed E-state index contributed by atoms with van der Waals surface area (Å²) in [7, 11) is -44.1. The van der Waals surface area contributed by atoms with Crippen molar-refractivity contribution in [1.29, 1.82) is 0 Å². The second-order valence-electron chi connectivity index (χ2n) is 12.3. The molecule has 0 fully saturated rings.